The number of hydrogen-bond donors (Lipinski definition) is 1. The van der Waals surface area contributed by atoms with Gasteiger partial charge in [-0.2, -0.15) is 0 Å². The molecule has 0 aromatic heterocycles. The van der Waals surface area contributed by atoms with Crippen LogP contribution in [0, 0.1) is 17.6 Å². The highest BCUT2D eigenvalue weighted by Crippen LogP contribution is 2.28. The molecule has 1 aromatic rings. The Morgan fingerprint density at radius 3 is 2.74 bits per heavy atom. The molecule has 106 valence electrons. The fraction of sp³-hybridized carbons (Fsp3) is 0.571. The molecule has 0 heterocycles. The van der Waals surface area contributed by atoms with Crippen LogP contribution in [0.5, 0.6) is 0 Å². The van der Waals surface area contributed by atoms with Gasteiger partial charge in [0.15, 0.2) is 0 Å². The smallest absolute Gasteiger partial charge is 0.144 e. The number of nitrogens with one attached hydrogen (secondary N) is 1. The van der Waals surface area contributed by atoms with Crippen molar-refractivity contribution in [3.8, 4) is 0 Å². The van der Waals surface area contributed by atoms with Gasteiger partial charge < -0.3 is 5.32 Å². The summed E-state index contributed by atoms with van der Waals surface area (Å²) in [4.78, 5) is 0. The van der Waals surface area contributed by atoms with Crippen LogP contribution in [0.2, 0.25) is 0 Å². The summed E-state index contributed by atoms with van der Waals surface area (Å²) in [6.45, 7) is 0.900. The second-order valence-electron chi connectivity index (χ2n) is 5.01. The number of benzene rings is 1. The van der Waals surface area contributed by atoms with Crippen molar-refractivity contribution in [2.45, 2.75) is 37.6 Å². The zero-order valence-corrected chi connectivity index (χ0v) is 12.9. The van der Waals surface area contributed by atoms with Crippen molar-refractivity contribution in [1.29, 1.82) is 0 Å². The van der Waals surface area contributed by atoms with E-state index >= 15 is 0 Å². The number of rotatable bonds is 4. The molecule has 1 fully saturated rings. The van der Waals surface area contributed by atoms with Crippen LogP contribution < -0.4 is 5.32 Å². The van der Waals surface area contributed by atoms with Crippen LogP contribution in [-0.4, -0.2) is 11.9 Å². The molecular formula is C14H17BrClF2N. The second-order valence-corrected chi connectivity index (χ2v) is 6.43. The standard InChI is InChI=1S/C14H17BrClF2N/c15-11-5-6-13(17)10(14(11)18)8-19-7-9-3-1-2-4-12(9)16/h5-6,9,12,19H,1-4,7-8H2. The Hall–Kier alpha value is -0.190. The summed E-state index contributed by atoms with van der Waals surface area (Å²) in [6, 6.07) is 2.65. The van der Waals surface area contributed by atoms with E-state index in [0.29, 0.717) is 16.9 Å². The minimum absolute atomic E-state index is 0.0799. The molecule has 1 aliphatic rings. The highest BCUT2D eigenvalue weighted by Gasteiger charge is 2.22. The zero-order valence-electron chi connectivity index (χ0n) is 10.6. The Morgan fingerprint density at radius 1 is 1.26 bits per heavy atom. The van der Waals surface area contributed by atoms with Crippen molar-refractivity contribution in [1.82, 2.24) is 5.32 Å². The molecule has 0 radical (unpaired) electrons. The molecule has 2 rings (SSSR count). The average Bonchev–Trinajstić information content (AvgIpc) is 2.40. The lowest BCUT2D eigenvalue weighted by Crippen LogP contribution is -2.31. The van der Waals surface area contributed by atoms with Gasteiger partial charge in [-0.3, -0.25) is 0 Å². The van der Waals surface area contributed by atoms with Gasteiger partial charge in [-0.25, -0.2) is 8.78 Å². The van der Waals surface area contributed by atoms with Gasteiger partial charge in [-0.1, -0.05) is 12.8 Å². The van der Waals surface area contributed by atoms with E-state index < -0.39 is 11.6 Å². The second kappa shape index (κ2) is 7.00. The summed E-state index contributed by atoms with van der Waals surface area (Å²) in [5, 5.41) is 3.30. The molecule has 0 spiro atoms. The molecule has 19 heavy (non-hydrogen) atoms. The fourth-order valence-corrected chi connectivity index (χ4v) is 3.25. The van der Waals surface area contributed by atoms with E-state index in [1.807, 2.05) is 0 Å². The third-order valence-corrected chi connectivity index (χ3v) is 4.85. The van der Waals surface area contributed by atoms with E-state index in [-0.39, 0.29) is 17.5 Å². The lowest BCUT2D eigenvalue weighted by molar-refractivity contribution is 0.346. The summed E-state index contributed by atoms with van der Waals surface area (Å²) in [7, 11) is 0. The zero-order chi connectivity index (χ0) is 13.8. The highest BCUT2D eigenvalue weighted by atomic mass is 79.9. The maximum atomic E-state index is 13.8. The van der Waals surface area contributed by atoms with Crippen LogP contribution in [0.4, 0.5) is 8.78 Å². The van der Waals surface area contributed by atoms with Gasteiger partial charge in [0, 0.05) is 17.5 Å². The molecule has 5 heteroatoms. The van der Waals surface area contributed by atoms with E-state index in [2.05, 4.69) is 21.2 Å². The van der Waals surface area contributed by atoms with Crippen LogP contribution >= 0.6 is 27.5 Å². The molecule has 1 N–H and O–H groups in total. The predicted molar refractivity (Wildman–Crippen MR) is 77.4 cm³/mol. The van der Waals surface area contributed by atoms with Crippen LogP contribution in [0.3, 0.4) is 0 Å². The van der Waals surface area contributed by atoms with E-state index in [0.717, 1.165) is 12.8 Å². The molecule has 1 aromatic carbocycles. The first-order valence-corrected chi connectivity index (χ1v) is 7.79. The summed E-state index contributed by atoms with van der Waals surface area (Å²) in [6.07, 6.45) is 4.49. The van der Waals surface area contributed by atoms with E-state index in [4.69, 9.17) is 11.6 Å². The molecule has 0 amide bonds. The van der Waals surface area contributed by atoms with Crippen molar-refractivity contribution in [3.05, 3.63) is 33.8 Å². The summed E-state index contributed by atoms with van der Waals surface area (Å²) >= 11 is 9.32. The van der Waals surface area contributed by atoms with Gasteiger partial charge >= 0.3 is 0 Å². The first-order valence-electron chi connectivity index (χ1n) is 6.56. The topological polar surface area (TPSA) is 12.0 Å². The monoisotopic (exact) mass is 351 g/mol. The average molecular weight is 353 g/mol. The van der Waals surface area contributed by atoms with Gasteiger partial charge in [0.2, 0.25) is 0 Å². The molecule has 0 bridgehead atoms. The van der Waals surface area contributed by atoms with E-state index in [9.17, 15) is 8.78 Å². The van der Waals surface area contributed by atoms with E-state index in [1.165, 1.54) is 25.0 Å². The van der Waals surface area contributed by atoms with Crippen molar-refractivity contribution in [2.75, 3.05) is 6.54 Å². The minimum Gasteiger partial charge on any atom is -0.312 e. The molecule has 1 saturated carbocycles. The summed E-state index contributed by atoms with van der Waals surface area (Å²) in [5.74, 6) is -0.647. The van der Waals surface area contributed by atoms with Crippen molar-refractivity contribution in [2.24, 2.45) is 5.92 Å². The SMILES string of the molecule is Fc1ccc(Br)c(F)c1CNCC1CCCCC1Cl. The quantitative estimate of drug-likeness (QED) is 0.616. The van der Waals surface area contributed by atoms with Gasteiger partial charge in [0.05, 0.1) is 4.47 Å². The number of hydrogen-bond acceptors (Lipinski definition) is 1. The van der Waals surface area contributed by atoms with Crippen LogP contribution in [-0.2, 0) is 6.54 Å². The number of alkyl halides is 1. The Kier molecular flexibility index (Phi) is 5.60. The molecule has 0 saturated heterocycles. The van der Waals surface area contributed by atoms with Crippen molar-refractivity contribution >= 4 is 27.5 Å². The van der Waals surface area contributed by atoms with Crippen molar-refractivity contribution in [3.63, 3.8) is 0 Å². The predicted octanol–water partition coefficient (Wildman–Crippen LogP) is 4.61. The maximum absolute atomic E-state index is 13.8. The third-order valence-electron chi connectivity index (χ3n) is 3.66. The normalized spacial score (nSPS) is 23.6. The minimum atomic E-state index is -0.529. The first kappa shape index (κ1) is 15.2. The van der Waals surface area contributed by atoms with Gasteiger partial charge in [-0.15, -0.1) is 11.6 Å². The Labute approximate surface area is 125 Å². The lowest BCUT2D eigenvalue weighted by atomic mass is 9.88. The molecule has 1 nitrogen and oxygen atoms in total. The highest BCUT2D eigenvalue weighted by molar-refractivity contribution is 9.10. The van der Waals surface area contributed by atoms with Crippen LogP contribution in [0.1, 0.15) is 31.2 Å². The summed E-state index contributed by atoms with van der Waals surface area (Å²) in [5.41, 5.74) is 0.0799. The molecular weight excluding hydrogens is 336 g/mol. The Balaban J connectivity index is 1.90. The third kappa shape index (κ3) is 3.89. The van der Waals surface area contributed by atoms with Gasteiger partial charge in [-0.05, 0) is 53.4 Å². The fourth-order valence-electron chi connectivity index (χ4n) is 2.51. The molecule has 2 unspecified atom stereocenters. The first-order chi connectivity index (χ1) is 9.09. The molecule has 1 aliphatic carbocycles. The van der Waals surface area contributed by atoms with E-state index in [1.54, 1.807) is 0 Å². The Bertz CT molecular complexity index is 442. The summed E-state index contributed by atoms with van der Waals surface area (Å²) < 4.78 is 27.6. The number of halogens is 4. The lowest BCUT2D eigenvalue weighted by Gasteiger charge is -2.27. The van der Waals surface area contributed by atoms with Crippen LogP contribution in [0.15, 0.2) is 16.6 Å². The van der Waals surface area contributed by atoms with Gasteiger partial charge in [0.25, 0.3) is 0 Å². The maximum Gasteiger partial charge on any atom is 0.144 e. The van der Waals surface area contributed by atoms with Gasteiger partial charge in [0.1, 0.15) is 11.6 Å². The largest absolute Gasteiger partial charge is 0.312 e. The van der Waals surface area contributed by atoms with Crippen LogP contribution in [0.25, 0.3) is 0 Å². The Morgan fingerprint density at radius 2 is 2.00 bits per heavy atom. The van der Waals surface area contributed by atoms with Crippen molar-refractivity contribution < 1.29 is 8.78 Å². The molecule has 2 atom stereocenters. The molecule has 0 aliphatic heterocycles.